The fourth-order valence-corrected chi connectivity index (χ4v) is 2.69. The number of aromatic nitrogens is 2. The molecular weight excluding hydrogens is 281 g/mol. The monoisotopic (exact) mass is 293 g/mol. The Balaban J connectivity index is 2.10. The molecule has 0 saturated heterocycles. The van der Waals surface area contributed by atoms with E-state index in [1.165, 1.54) is 0 Å². The molecule has 5 heteroatoms. The molecule has 0 unspecified atom stereocenters. The zero-order valence-corrected chi connectivity index (χ0v) is 12.2. The topological polar surface area (TPSA) is 29.0 Å². The average Bonchev–Trinajstić information content (AvgIpc) is 2.62. The van der Waals surface area contributed by atoms with Crippen molar-refractivity contribution in [1.82, 2.24) is 9.97 Å². The van der Waals surface area contributed by atoms with Crippen LogP contribution in [0.1, 0.15) is 19.5 Å². The number of rotatable bonds is 1. The smallest absolute Gasteiger partial charge is 0.133 e. The SMILES string of the molecule is CC1(C)CN(c2ccc(Cl)cn2)c2ccc(Cl)nc21. The number of halogens is 2. The van der Waals surface area contributed by atoms with E-state index in [4.69, 9.17) is 23.2 Å². The standard InChI is InChI=1S/C14H13Cl2N3/c1-14(2)8-19(12-6-3-9(15)7-17-12)10-4-5-11(16)18-13(10)14/h3-7H,8H2,1-2H3. The zero-order valence-electron chi connectivity index (χ0n) is 10.7. The molecule has 0 aliphatic carbocycles. The minimum atomic E-state index is -0.0540. The van der Waals surface area contributed by atoms with Crippen LogP contribution in [0.5, 0.6) is 0 Å². The Labute approximate surface area is 122 Å². The van der Waals surface area contributed by atoms with Gasteiger partial charge in [0.15, 0.2) is 0 Å². The van der Waals surface area contributed by atoms with Gasteiger partial charge < -0.3 is 4.90 Å². The van der Waals surface area contributed by atoms with Gasteiger partial charge in [-0.15, -0.1) is 0 Å². The van der Waals surface area contributed by atoms with E-state index < -0.39 is 0 Å². The molecule has 0 N–H and O–H groups in total. The van der Waals surface area contributed by atoms with E-state index in [0.29, 0.717) is 10.2 Å². The second-order valence-corrected chi connectivity index (χ2v) is 6.13. The van der Waals surface area contributed by atoms with E-state index in [1.807, 2.05) is 24.3 Å². The van der Waals surface area contributed by atoms with Crippen molar-refractivity contribution in [3.05, 3.63) is 46.3 Å². The van der Waals surface area contributed by atoms with Crippen LogP contribution in [-0.2, 0) is 5.41 Å². The highest BCUT2D eigenvalue weighted by molar-refractivity contribution is 6.30. The fourth-order valence-electron chi connectivity index (χ4n) is 2.43. The maximum Gasteiger partial charge on any atom is 0.133 e. The first-order valence-corrected chi connectivity index (χ1v) is 6.79. The van der Waals surface area contributed by atoms with Gasteiger partial charge in [-0.05, 0) is 24.3 Å². The van der Waals surface area contributed by atoms with Gasteiger partial charge in [0.25, 0.3) is 0 Å². The van der Waals surface area contributed by atoms with Crippen LogP contribution in [0.4, 0.5) is 11.5 Å². The summed E-state index contributed by atoms with van der Waals surface area (Å²) >= 11 is 11.9. The van der Waals surface area contributed by atoms with E-state index in [-0.39, 0.29) is 5.41 Å². The van der Waals surface area contributed by atoms with Gasteiger partial charge in [-0.3, -0.25) is 0 Å². The molecule has 1 aliphatic heterocycles. The maximum absolute atomic E-state index is 6.00. The van der Waals surface area contributed by atoms with Crippen molar-refractivity contribution >= 4 is 34.7 Å². The molecule has 0 atom stereocenters. The number of anilines is 2. The van der Waals surface area contributed by atoms with Crippen LogP contribution in [0.25, 0.3) is 0 Å². The van der Waals surface area contributed by atoms with E-state index in [9.17, 15) is 0 Å². The summed E-state index contributed by atoms with van der Waals surface area (Å²) in [6.07, 6.45) is 1.66. The molecule has 0 fully saturated rings. The molecule has 0 radical (unpaired) electrons. The van der Waals surface area contributed by atoms with Crippen LogP contribution in [-0.4, -0.2) is 16.5 Å². The van der Waals surface area contributed by atoms with E-state index >= 15 is 0 Å². The summed E-state index contributed by atoms with van der Waals surface area (Å²) in [5, 5.41) is 1.16. The van der Waals surface area contributed by atoms with Gasteiger partial charge in [-0.1, -0.05) is 37.0 Å². The van der Waals surface area contributed by atoms with Crippen LogP contribution in [0, 0.1) is 0 Å². The normalized spacial score (nSPS) is 16.5. The molecule has 3 rings (SSSR count). The van der Waals surface area contributed by atoms with Gasteiger partial charge in [0, 0.05) is 18.2 Å². The Kier molecular flexibility index (Phi) is 2.91. The van der Waals surface area contributed by atoms with Crippen LogP contribution in [0.15, 0.2) is 30.5 Å². The minimum Gasteiger partial charge on any atom is -0.324 e. The van der Waals surface area contributed by atoms with Gasteiger partial charge in [0.1, 0.15) is 11.0 Å². The molecule has 98 valence electrons. The molecule has 2 aromatic rings. The first-order chi connectivity index (χ1) is 8.97. The molecule has 0 bridgehead atoms. The average molecular weight is 294 g/mol. The fraction of sp³-hybridized carbons (Fsp3) is 0.286. The lowest BCUT2D eigenvalue weighted by atomic mass is 9.91. The Bertz CT molecular complexity index is 623. The molecule has 3 nitrogen and oxygen atoms in total. The van der Waals surface area contributed by atoms with Gasteiger partial charge in [0.2, 0.25) is 0 Å². The summed E-state index contributed by atoms with van der Waals surface area (Å²) in [6, 6.07) is 7.57. The lowest BCUT2D eigenvalue weighted by Crippen LogP contribution is -2.25. The zero-order chi connectivity index (χ0) is 13.6. The number of nitrogens with zero attached hydrogens (tertiary/aromatic N) is 3. The molecule has 0 amide bonds. The quantitative estimate of drug-likeness (QED) is 0.738. The van der Waals surface area contributed by atoms with Gasteiger partial charge in [0.05, 0.1) is 16.4 Å². The van der Waals surface area contributed by atoms with Crippen molar-refractivity contribution in [2.75, 3.05) is 11.4 Å². The van der Waals surface area contributed by atoms with Crippen molar-refractivity contribution in [3.63, 3.8) is 0 Å². The summed E-state index contributed by atoms with van der Waals surface area (Å²) in [7, 11) is 0. The first-order valence-electron chi connectivity index (χ1n) is 6.03. The summed E-state index contributed by atoms with van der Waals surface area (Å²) in [5.74, 6) is 0.875. The molecule has 19 heavy (non-hydrogen) atoms. The highest BCUT2D eigenvalue weighted by Crippen LogP contribution is 2.42. The third kappa shape index (κ3) is 2.17. The van der Waals surface area contributed by atoms with E-state index in [1.54, 1.807) is 6.20 Å². The second-order valence-electron chi connectivity index (χ2n) is 5.31. The Morgan fingerprint density at radius 1 is 1.16 bits per heavy atom. The second kappa shape index (κ2) is 4.36. The van der Waals surface area contributed by atoms with Crippen molar-refractivity contribution in [1.29, 1.82) is 0 Å². The summed E-state index contributed by atoms with van der Waals surface area (Å²) < 4.78 is 0. The Morgan fingerprint density at radius 3 is 2.63 bits per heavy atom. The van der Waals surface area contributed by atoms with Crippen molar-refractivity contribution < 1.29 is 0 Å². The van der Waals surface area contributed by atoms with Crippen molar-refractivity contribution in [3.8, 4) is 0 Å². The van der Waals surface area contributed by atoms with Gasteiger partial charge in [-0.2, -0.15) is 0 Å². The highest BCUT2D eigenvalue weighted by Gasteiger charge is 2.37. The molecule has 0 spiro atoms. The van der Waals surface area contributed by atoms with Crippen molar-refractivity contribution in [2.24, 2.45) is 0 Å². The number of pyridine rings is 2. The number of hydrogen-bond donors (Lipinski definition) is 0. The summed E-state index contributed by atoms with van der Waals surface area (Å²) in [4.78, 5) is 11.0. The predicted octanol–water partition coefficient (Wildman–Crippen LogP) is 4.21. The van der Waals surface area contributed by atoms with Crippen LogP contribution in [0.3, 0.4) is 0 Å². The molecule has 3 heterocycles. The Hall–Kier alpha value is -1.32. The van der Waals surface area contributed by atoms with Crippen molar-refractivity contribution in [2.45, 2.75) is 19.3 Å². The molecule has 0 saturated carbocycles. The highest BCUT2D eigenvalue weighted by atomic mass is 35.5. The predicted molar refractivity (Wildman–Crippen MR) is 78.5 cm³/mol. The van der Waals surface area contributed by atoms with Crippen LogP contribution in [0.2, 0.25) is 10.2 Å². The molecular formula is C14H13Cl2N3. The van der Waals surface area contributed by atoms with E-state index in [2.05, 4.69) is 28.7 Å². The van der Waals surface area contributed by atoms with Crippen LogP contribution >= 0.6 is 23.2 Å². The van der Waals surface area contributed by atoms with E-state index in [0.717, 1.165) is 23.7 Å². The number of fused-ring (bicyclic) bond motifs is 1. The summed E-state index contributed by atoms with van der Waals surface area (Å²) in [6.45, 7) is 5.14. The van der Waals surface area contributed by atoms with Crippen LogP contribution < -0.4 is 4.90 Å². The largest absolute Gasteiger partial charge is 0.324 e. The maximum atomic E-state index is 6.00. The summed E-state index contributed by atoms with van der Waals surface area (Å²) in [5.41, 5.74) is 2.02. The lowest BCUT2D eigenvalue weighted by molar-refractivity contribution is 0.553. The first kappa shape index (κ1) is 12.7. The lowest BCUT2D eigenvalue weighted by Gasteiger charge is -2.20. The minimum absolute atomic E-state index is 0.0540. The molecule has 0 aromatic carbocycles. The third-order valence-corrected chi connectivity index (χ3v) is 3.75. The molecule has 1 aliphatic rings. The number of hydrogen-bond acceptors (Lipinski definition) is 3. The third-order valence-electron chi connectivity index (χ3n) is 3.31. The van der Waals surface area contributed by atoms with Gasteiger partial charge >= 0.3 is 0 Å². The molecule has 2 aromatic heterocycles. The Morgan fingerprint density at radius 2 is 1.95 bits per heavy atom. The van der Waals surface area contributed by atoms with Gasteiger partial charge in [-0.25, -0.2) is 9.97 Å².